The van der Waals surface area contributed by atoms with Gasteiger partial charge in [-0.1, -0.05) is 0 Å². The molecule has 2 amide bonds. The quantitative estimate of drug-likeness (QED) is 0.652. The van der Waals surface area contributed by atoms with Gasteiger partial charge in [0.25, 0.3) is 5.69 Å². The highest BCUT2D eigenvalue weighted by atomic mass is 16.6. The molecule has 0 spiro atoms. The van der Waals surface area contributed by atoms with Crippen LogP contribution in [-0.2, 0) is 9.53 Å². The normalized spacial score (nSPS) is 10.6. The fourth-order valence-corrected chi connectivity index (χ4v) is 1.34. The monoisotopic (exact) mass is 295 g/mol. The third-order valence-corrected chi connectivity index (χ3v) is 2.15. The van der Waals surface area contributed by atoms with Gasteiger partial charge in [-0.15, -0.1) is 0 Å². The lowest BCUT2D eigenvalue weighted by Crippen LogP contribution is -2.37. The molecular formula is C13H17N3O5. The van der Waals surface area contributed by atoms with E-state index in [9.17, 15) is 19.7 Å². The van der Waals surface area contributed by atoms with Crippen molar-refractivity contribution in [3.05, 3.63) is 34.4 Å². The summed E-state index contributed by atoms with van der Waals surface area (Å²) in [6.45, 7) is 4.88. The van der Waals surface area contributed by atoms with Gasteiger partial charge in [0.1, 0.15) is 12.1 Å². The number of ether oxygens (including phenoxy) is 1. The number of hydrogen-bond donors (Lipinski definition) is 2. The number of nitrogens with zero attached hydrogens (tertiary/aromatic N) is 1. The van der Waals surface area contributed by atoms with Crippen LogP contribution in [0.15, 0.2) is 24.3 Å². The van der Waals surface area contributed by atoms with Crippen molar-refractivity contribution >= 4 is 23.4 Å². The lowest BCUT2D eigenvalue weighted by atomic mass is 10.2. The molecule has 0 radical (unpaired) electrons. The van der Waals surface area contributed by atoms with Gasteiger partial charge in [0, 0.05) is 17.8 Å². The van der Waals surface area contributed by atoms with E-state index in [4.69, 9.17) is 4.74 Å². The van der Waals surface area contributed by atoms with Gasteiger partial charge >= 0.3 is 6.09 Å². The minimum atomic E-state index is -0.693. The molecular weight excluding hydrogens is 278 g/mol. The smallest absolute Gasteiger partial charge is 0.408 e. The van der Waals surface area contributed by atoms with Crippen molar-refractivity contribution in [1.82, 2.24) is 5.32 Å². The van der Waals surface area contributed by atoms with Crippen LogP contribution < -0.4 is 10.6 Å². The van der Waals surface area contributed by atoms with Crippen LogP contribution in [0, 0.1) is 10.1 Å². The van der Waals surface area contributed by atoms with Crippen LogP contribution in [0.4, 0.5) is 16.2 Å². The van der Waals surface area contributed by atoms with Crippen molar-refractivity contribution in [2.75, 3.05) is 11.9 Å². The molecule has 0 saturated heterocycles. The van der Waals surface area contributed by atoms with Crippen LogP contribution in [0.1, 0.15) is 20.8 Å². The summed E-state index contributed by atoms with van der Waals surface area (Å²) in [5.41, 5.74) is -0.310. The molecule has 8 heteroatoms. The fraction of sp³-hybridized carbons (Fsp3) is 0.385. The van der Waals surface area contributed by atoms with E-state index in [1.165, 1.54) is 24.3 Å². The molecule has 0 aromatic heterocycles. The number of hydrogen-bond acceptors (Lipinski definition) is 5. The zero-order chi connectivity index (χ0) is 16.0. The van der Waals surface area contributed by atoms with Crippen molar-refractivity contribution < 1.29 is 19.2 Å². The van der Waals surface area contributed by atoms with Crippen LogP contribution in [0.2, 0.25) is 0 Å². The number of carbonyl (C=O) groups excluding carboxylic acids is 2. The molecule has 2 N–H and O–H groups in total. The largest absolute Gasteiger partial charge is 0.444 e. The number of anilines is 1. The van der Waals surface area contributed by atoms with Crippen molar-refractivity contribution in [3.8, 4) is 0 Å². The first kappa shape index (κ1) is 16.4. The molecule has 1 rings (SSSR count). The minimum Gasteiger partial charge on any atom is -0.444 e. The predicted molar refractivity (Wildman–Crippen MR) is 76.0 cm³/mol. The van der Waals surface area contributed by atoms with E-state index in [2.05, 4.69) is 10.6 Å². The van der Waals surface area contributed by atoms with Crippen LogP contribution in [0.3, 0.4) is 0 Å². The molecule has 1 aromatic carbocycles. The second-order valence-electron chi connectivity index (χ2n) is 5.21. The third-order valence-electron chi connectivity index (χ3n) is 2.15. The van der Waals surface area contributed by atoms with Crippen LogP contribution >= 0.6 is 0 Å². The number of alkyl carbamates (subject to hydrolysis) is 1. The van der Waals surface area contributed by atoms with Gasteiger partial charge in [-0.2, -0.15) is 0 Å². The Morgan fingerprint density at radius 2 is 1.81 bits per heavy atom. The van der Waals surface area contributed by atoms with Crippen LogP contribution in [0.5, 0.6) is 0 Å². The predicted octanol–water partition coefficient (Wildman–Crippen LogP) is 2.06. The van der Waals surface area contributed by atoms with Gasteiger partial charge in [0.05, 0.1) is 4.92 Å². The van der Waals surface area contributed by atoms with Gasteiger partial charge < -0.3 is 15.4 Å². The molecule has 21 heavy (non-hydrogen) atoms. The topological polar surface area (TPSA) is 111 Å². The van der Waals surface area contributed by atoms with E-state index in [0.717, 1.165) is 0 Å². The fourth-order valence-electron chi connectivity index (χ4n) is 1.34. The second-order valence-corrected chi connectivity index (χ2v) is 5.21. The summed E-state index contributed by atoms with van der Waals surface area (Å²) in [5, 5.41) is 15.3. The van der Waals surface area contributed by atoms with Crippen LogP contribution in [-0.4, -0.2) is 29.1 Å². The Balaban J connectivity index is 2.43. The van der Waals surface area contributed by atoms with Crippen LogP contribution in [0.25, 0.3) is 0 Å². The summed E-state index contributed by atoms with van der Waals surface area (Å²) in [6, 6.07) is 5.36. The first-order valence-corrected chi connectivity index (χ1v) is 6.18. The average Bonchev–Trinajstić information content (AvgIpc) is 2.35. The zero-order valence-corrected chi connectivity index (χ0v) is 12.0. The standard InChI is InChI=1S/C13H17N3O5/c1-13(2,3)21-12(18)14-8-11(17)15-9-4-6-10(7-5-9)16(19)20/h4-7H,8H2,1-3H3,(H,14,18)(H,15,17). The van der Waals surface area contributed by atoms with Crippen molar-refractivity contribution in [2.45, 2.75) is 26.4 Å². The Hall–Kier alpha value is -2.64. The Bertz CT molecular complexity index is 534. The molecule has 8 nitrogen and oxygen atoms in total. The van der Waals surface area contributed by atoms with E-state index < -0.39 is 22.5 Å². The number of non-ortho nitro benzene ring substituents is 1. The van der Waals surface area contributed by atoms with E-state index in [1.54, 1.807) is 20.8 Å². The van der Waals surface area contributed by atoms with Gasteiger partial charge in [-0.05, 0) is 32.9 Å². The highest BCUT2D eigenvalue weighted by Gasteiger charge is 2.16. The molecule has 0 unspecified atom stereocenters. The lowest BCUT2D eigenvalue weighted by molar-refractivity contribution is -0.384. The maximum atomic E-state index is 11.6. The second kappa shape index (κ2) is 6.69. The summed E-state index contributed by atoms with van der Waals surface area (Å²) in [7, 11) is 0. The maximum Gasteiger partial charge on any atom is 0.408 e. The number of amides is 2. The Morgan fingerprint density at radius 3 is 2.29 bits per heavy atom. The zero-order valence-electron chi connectivity index (χ0n) is 12.0. The molecule has 0 atom stereocenters. The number of rotatable bonds is 4. The van der Waals surface area contributed by atoms with Gasteiger partial charge in [-0.3, -0.25) is 14.9 Å². The summed E-state index contributed by atoms with van der Waals surface area (Å²) in [4.78, 5) is 32.9. The molecule has 114 valence electrons. The molecule has 0 aliphatic rings. The van der Waals surface area contributed by atoms with E-state index >= 15 is 0 Å². The highest BCUT2D eigenvalue weighted by Crippen LogP contribution is 2.15. The van der Waals surface area contributed by atoms with Gasteiger partial charge in [0.2, 0.25) is 5.91 Å². The van der Waals surface area contributed by atoms with Gasteiger partial charge in [-0.25, -0.2) is 4.79 Å². The number of nitrogens with one attached hydrogen (secondary N) is 2. The molecule has 0 bridgehead atoms. The third kappa shape index (κ3) is 6.37. The first-order valence-electron chi connectivity index (χ1n) is 6.18. The van der Waals surface area contributed by atoms with Crippen molar-refractivity contribution in [3.63, 3.8) is 0 Å². The Morgan fingerprint density at radius 1 is 1.24 bits per heavy atom. The highest BCUT2D eigenvalue weighted by molar-refractivity contribution is 5.93. The lowest BCUT2D eigenvalue weighted by Gasteiger charge is -2.19. The van der Waals surface area contributed by atoms with E-state index in [0.29, 0.717) is 5.69 Å². The molecule has 0 saturated carbocycles. The van der Waals surface area contributed by atoms with E-state index in [-0.39, 0.29) is 12.2 Å². The van der Waals surface area contributed by atoms with Gasteiger partial charge in [0.15, 0.2) is 0 Å². The molecule has 1 aromatic rings. The summed E-state index contributed by atoms with van der Waals surface area (Å²) < 4.78 is 4.98. The molecule has 0 fully saturated rings. The Kier molecular flexibility index (Phi) is 5.23. The average molecular weight is 295 g/mol. The number of nitro benzene ring substituents is 1. The summed E-state index contributed by atoms with van der Waals surface area (Å²) in [6.07, 6.45) is -0.693. The molecule has 0 aliphatic carbocycles. The summed E-state index contributed by atoms with van der Waals surface area (Å²) in [5.74, 6) is -0.463. The SMILES string of the molecule is CC(C)(C)OC(=O)NCC(=O)Nc1ccc([N+](=O)[O-])cc1. The first-order chi connectivity index (χ1) is 9.67. The van der Waals surface area contributed by atoms with Crippen molar-refractivity contribution in [1.29, 1.82) is 0 Å². The molecule has 0 heterocycles. The van der Waals surface area contributed by atoms with Crippen molar-refractivity contribution in [2.24, 2.45) is 0 Å². The number of carbonyl (C=O) groups is 2. The number of benzene rings is 1. The minimum absolute atomic E-state index is 0.0696. The number of nitro groups is 1. The molecule has 0 aliphatic heterocycles. The maximum absolute atomic E-state index is 11.6. The Labute approximate surface area is 121 Å². The van der Waals surface area contributed by atoms with E-state index in [1.807, 2.05) is 0 Å². The summed E-state index contributed by atoms with van der Waals surface area (Å²) >= 11 is 0.